The summed E-state index contributed by atoms with van der Waals surface area (Å²) in [5.74, 6) is -2.36. The molecule has 4 rings (SSSR count). The predicted molar refractivity (Wildman–Crippen MR) is 139 cm³/mol. The van der Waals surface area contributed by atoms with Crippen LogP contribution in [0.15, 0.2) is 65.6 Å². The lowest BCUT2D eigenvalue weighted by atomic mass is 9.98. The van der Waals surface area contributed by atoms with Crippen molar-refractivity contribution in [2.45, 2.75) is 30.7 Å². The summed E-state index contributed by atoms with van der Waals surface area (Å²) in [5.41, 5.74) is 0.730. The van der Waals surface area contributed by atoms with Gasteiger partial charge in [-0.1, -0.05) is 12.1 Å². The largest absolute Gasteiger partial charge is 0.492 e. The summed E-state index contributed by atoms with van der Waals surface area (Å²) in [4.78, 5) is 14.7. The fourth-order valence-corrected chi connectivity index (χ4v) is 5.93. The van der Waals surface area contributed by atoms with Gasteiger partial charge in [-0.05, 0) is 88.0 Å². The van der Waals surface area contributed by atoms with E-state index < -0.39 is 33.1 Å². The number of hydrogen-bond acceptors (Lipinski definition) is 5. The van der Waals surface area contributed by atoms with Crippen LogP contribution >= 0.6 is 0 Å². The van der Waals surface area contributed by atoms with Crippen molar-refractivity contribution in [1.82, 2.24) is 4.90 Å². The van der Waals surface area contributed by atoms with Gasteiger partial charge in [0, 0.05) is 18.3 Å². The van der Waals surface area contributed by atoms with Crippen LogP contribution in [0.2, 0.25) is 0 Å². The summed E-state index contributed by atoms with van der Waals surface area (Å²) in [6.45, 7) is 3.02. The molecule has 1 aliphatic heterocycles. The summed E-state index contributed by atoms with van der Waals surface area (Å²) >= 11 is 0. The molecule has 196 valence electrons. The van der Waals surface area contributed by atoms with Crippen LogP contribution < -0.4 is 14.4 Å². The molecule has 0 aromatic heterocycles. The molecule has 0 saturated carbocycles. The number of nitrogens with zero attached hydrogens (tertiary/aromatic N) is 2. The Hall–Kier alpha value is -3.50. The number of ether oxygens (including phenoxy) is 1. The van der Waals surface area contributed by atoms with E-state index in [1.165, 1.54) is 28.6 Å². The highest BCUT2D eigenvalue weighted by atomic mass is 32.2. The molecular weight excluding hydrogens is 500 g/mol. The maximum absolute atomic E-state index is 14.1. The molecule has 1 N–H and O–H groups in total. The van der Waals surface area contributed by atoms with Crippen molar-refractivity contribution in [3.05, 3.63) is 83.4 Å². The number of anilines is 2. The Morgan fingerprint density at radius 2 is 1.76 bits per heavy atom. The van der Waals surface area contributed by atoms with Crippen molar-refractivity contribution >= 4 is 27.3 Å². The van der Waals surface area contributed by atoms with Crippen molar-refractivity contribution in [1.29, 1.82) is 0 Å². The molecule has 37 heavy (non-hydrogen) atoms. The van der Waals surface area contributed by atoms with E-state index in [2.05, 4.69) is 5.32 Å². The molecule has 0 saturated heterocycles. The fraction of sp³-hybridized carbons (Fsp3) is 0.296. The standard InChI is InChI=1S/C27H29F2N3O4S/c1-18-7-8-19-9-10-20(30-27(33)26-23(28)5-4-6-24(26)29)17-25(19)32(18)37(34,35)22-13-11-21(12-14-22)36-16-15-31(2)3/h4-6,9-14,17-18H,7-8,15-16H2,1-3H3,(H,30,33). The van der Waals surface area contributed by atoms with Crippen LogP contribution in [0.5, 0.6) is 5.75 Å². The van der Waals surface area contributed by atoms with Gasteiger partial charge in [0.05, 0.1) is 10.6 Å². The lowest BCUT2D eigenvalue weighted by molar-refractivity contribution is 0.101. The summed E-state index contributed by atoms with van der Waals surface area (Å²) in [6.07, 6.45) is 1.27. The van der Waals surface area contributed by atoms with Crippen molar-refractivity contribution < 1.29 is 26.7 Å². The highest BCUT2D eigenvalue weighted by Crippen LogP contribution is 2.37. The van der Waals surface area contributed by atoms with Gasteiger partial charge in [-0.3, -0.25) is 9.10 Å². The molecule has 0 fully saturated rings. The predicted octanol–water partition coefficient (Wildman–Crippen LogP) is 4.69. The van der Waals surface area contributed by atoms with Crippen molar-refractivity contribution in [3.8, 4) is 5.75 Å². The number of benzene rings is 3. The zero-order valence-corrected chi connectivity index (χ0v) is 21.7. The number of likely N-dealkylation sites (N-methyl/N-ethyl adjacent to an activating group) is 1. The zero-order chi connectivity index (χ0) is 26.7. The number of carbonyl (C=O) groups excluding carboxylic acids is 1. The first-order valence-electron chi connectivity index (χ1n) is 11.9. The highest BCUT2D eigenvalue weighted by Gasteiger charge is 2.34. The molecule has 1 heterocycles. The monoisotopic (exact) mass is 529 g/mol. The number of carbonyl (C=O) groups is 1. The summed E-state index contributed by atoms with van der Waals surface area (Å²) in [5, 5.41) is 2.49. The van der Waals surface area contributed by atoms with Gasteiger partial charge in [0.2, 0.25) is 0 Å². The Kier molecular flexibility index (Phi) is 7.79. The van der Waals surface area contributed by atoms with Crippen LogP contribution in [0.3, 0.4) is 0 Å². The minimum atomic E-state index is -3.95. The number of rotatable bonds is 8. The molecule has 1 amide bonds. The van der Waals surface area contributed by atoms with Crippen molar-refractivity contribution in [3.63, 3.8) is 0 Å². The second-order valence-electron chi connectivity index (χ2n) is 9.21. The van der Waals surface area contributed by atoms with E-state index in [9.17, 15) is 22.0 Å². The van der Waals surface area contributed by atoms with Crippen LogP contribution in [0.4, 0.5) is 20.2 Å². The third-order valence-corrected chi connectivity index (χ3v) is 8.13. The molecule has 0 spiro atoms. The maximum atomic E-state index is 14.1. The van der Waals surface area contributed by atoms with E-state index in [1.807, 2.05) is 25.9 Å². The number of halogens is 2. The molecule has 1 atom stereocenters. The van der Waals surface area contributed by atoms with Crippen LogP contribution in [0, 0.1) is 11.6 Å². The molecule has 7 nitrogen and oxygen atoms in total. The molecule has 3 aromatic rings. The summed E-state index contributed by atoms with van der Waals surface area (Å²) in [6, 6.07) is 13.9. The van der Waals surface area contributed by atoms with E-state index in [-0.39, 0.29) is 16.6 Å². The van der Waals surface area contributed by atoms with Gasteiger partial charge in [-0.15, -0.1) is 0 Å². The van der Waals surface area contributed by atoms with Gasteiger partial charge < -0.3 is 15.0 Å². The molecular formula is C27H29F2N3O4S. The quantitative estimate of drug-likeness (QED) is 0.458. The van der Waals surface area contributed by atoms with Crippen molar-refractivity contribution in [2.75, 3.05) is 36.9 Å². The normalized spacial score (nSPS) is 15.4. The minimum Gasteiger partial charge on any atom is -0.492 e. The second-order valence-corrected chi connectivity index (χ2v) is 11.0. The first-order chi connectivity index (χ1) is 17.6. The zero-order valence-electron chi connectivity index (χ0n) is 20.9. The van der Waals surface area contributed by atoms with E-state index >= 15 is 0 Å². The fourth-order valence-electron chi connectivity index (χ4n) is 4.22. The van der Waals surface area contributed by atoms with Gasteiger partial charge >= 0.3 is 0 Å². The summed E-state index contributed by atoms with van der Waals surface area (Å²) < 4.78 is 62.6. The van der Waals surface area contributed by atoms with Gasteiger partial charge in [0.15, 0.2) is 0 Å². The van der Waals surface area contributed by atoms with E-state index in [4.69, 9.17) is 4.74 Å². The van der Waals surface area contributed by atoms with E-state index in [0.717, 1.165) is 24.2 Å². The Balaban J connectivity index is 1.61. The van der Waals surface area contributed by atoms with Crippen LogP contribution in [-0.4, -0.2) is 52.5 Å². The Morgan fingerprint density at radius 1 is 1.08 bits per heavy atom. The molecule has 1 unspecified atom stereocenters. The smallest absolute Gasteiger partial charge is 0.264 e. The number of hydrogen-bond donors (Lipinski definition) is 1. The number of nitrogens with one attached hydrogen (secondary N) is 1. The molecule has 0 bridgehead atoms. The first-order valence-corrected chi connectivity index (χ1v) is 13.3. The topological polar surface area (TPSA) is 79.0 Å². The van der Waals surface area contributed by atoms with Crippen LogP contribution in [-0.2, 0) is 16.4 Å². The SMILES string of the molecule is CC1CCc2ccc(NC(=O)c3c(F)cccc3F)cc2N1S(=O)(=O)c1ccc(OCCN(C)C)cc1. The first kappa shape index (κ1) is 26.6. The third kappa shape index (κ3) is 5.75. The van der Waals surface area contributed by atoms with Gasteiger partial charge in [-0.25, -0.2) is 17.2 Å². The molecule has 0 radical (unpaired) electrons. The number of fused-ring (bicyclic) bond motifs is 1. The number of aryl methyl sites for hydroxylation is 1. The Labute approximate surface area is 215 Å². The van der Waals surface area contributed by atoms with E-state index in [0.29, 0.717) is 30.9 Å². The molecule has 1 aliphatic rings. The van der Waals surface area contributed by atoms with Crippen LogP contribution in [0.25, 0.3) is 0 Å². The second kappa shape index (κ2) is 10.9. The summed E-state index contributed by atoms with van der Waals surface area (Å²) in [7, 11) is -0.0768. The minimum absolute atomic E-state index is 0.107. The average Bonchev–Trinajstić information content (AvgIpc) is 2.83. The number of sulfonamides is 1. The third-order valence-electron chi connectivity index (χ3n) is 6.19. The Bertz CT molecular complexity index is 1380. The lowest BCUT2D eigenvalue weighted by Crippen LogP contribution is -2.42. The van der Waals surface area contributed by atoms with Crippen molar-refractivity contribution in [2.24, 2.45) is 0 Å². The van der Waals surface area contributed by atoms with Gasteiger partial charge in [0.1, 0.15) is 29.6 Å². The Morgan fingerprint density at radius 3 is 2.41 bits per heavy atom. The molecule has 0 aliphatic carbocycles. The van der Waals surface area contributed by atoms with Crippen LogP contribution in [0.1, 0.15) is 29.3 Å². The number of amides is 1. The van der Waals surface area contributed by atoms with E-state index in [1.54, 1.807) is 24.3 Å². The maximum Gasteiger partial charge on any atom is 0.264 e. The van der Waals surface area contributed by atoms with Gasteiger partial charge in [-0.2, -0.15) is 0 Å². The molecule has 3 aromatic carbocycles. The highest BCUT2D eigenvalue weighted by molar-refractivity contribution is 7.92. The van der Waals surface area contributed by atoms with Gasteiger partial charge in [0.25, 0.3) is 15.9 Å². The molecule has 10 heteroatoms. The average molecular weight is 530 g/mol. The lowest BCUT2D eigenvalue weighted by Gasteiger charge is -2.36.